The van der Waals surface area contributed by atoms with Crippen LogP contribution in [0.1, 0.15) is 5.56 Å². The van der Waals surface area contributed by atoms with E-state index in [1.807, 2.05) is 0 Å². The summed E-state index contributed by atoms with van der Waals surface area (Å²) < 4.78 is 45.0. The Morgan fingerprint density at radius 2 is 2.08 bits per heavy atom. The van der Waals surface area contributed by atoms with Crippen LogP contribution in [0.3, 0.4) is 0 Å². The van der Waals surface area contributed by atoms with Gasteiger partial charge in [-0.25, -0.2) is 4.98 Å². The molecular weight excluding hydrogens is 345 g/mol. The molecule has 0 bridgehead atoms. The average molecular weight is 356 g/mol. The van der Waals surface area contributed by atoms with Crippen molar-refractivity contribution in [3.63, 3.8) is 0 Å². The number of hydrogen-bond acceptors (Lipinski definition) is 7. The zero-order valence-corrected chi connectivity index (χ0v) is 13.0. The lowest BCUT2D eigenvalue weighted by atomic mass is 10.2. The molecule has 24 heavy (non-hydrogen) atoms. The first-order chi connectivity index (χ1) is 11.4. The number of nitrogens with two attached hydrogens (primary N) is 1. The van der Waals surface area contributed by atoms with E-state index in [4.69, 9.17) is 10.5 Å². The van der Waals surface area contributed by atoms with E-state index in [1.54, 1.807) is 11.6 Å². The van der Waals surface area contributed by atoms with Crippen LogP contribution in [-0.4, -0.2) is 26.9 Å². The molecule has 0 saturated heterocycles. The van der Waals surface area contributed by atoms with Crippen LogP contribution in [-0.2, 0) is 6.18 Å². The first kappa shape index (κ1) is 16.1. The molecule has 0 radical (unpaired) electrons. The summed E-state index contributed by atoms with van der Waals surface area (Å²) in [5.41, 5.74) is 5.03. The van der Waals surface area contributed by atoms with Gasteiger partial charge in [0.2, 0.25) is 17.0 Å². The molecule has 0 spiro atoms. The molecule has 3 N–H and O–H groups in total. The maximum Gasteiger partial charge on any atom is 0.416 e. The molecule has 11 heteroatoms. The summed E-state index contributed by atoms with van der Waals surface area (Å²) in [5, 5.41) is 9.01. The lowest BCUT2D eigenvalue weighted by Crippen LogP contribution is -2.06. The molecule has 1 aromatic carbocycles. The molecule has 0 saturated carbocycles. The zero-order chi connectivity index (χ0) is 17.3. The third-order valence-electron chi connectivity index (χ3n) is 2.96. The van der Waals surface area contributed by atoms with E-state index in [2.05, 4.69) is 20.4 Å². The van der Waals surface area contributed by atoms with Crippen LogP contribution >= 0.6 is 11.3 Å². The number of rotatable bonds is 4. The van der Waals surface area contributed by atoms with Crippen molar-refractivity contribution in [2.24, 2.45) is 0 Å². The van der Waals surface area contributed by atoms with Gasteiger partial charge in [-0.2, -0.15) is 22.8 Å². The number of methoxy groups -OCH3 is 1. The molecule has 126 valence electrons. The van der Waals surface area contributed by atoms with E-state index < -0.39 is 11.7 Å². The topological polar surface area (TPSA) is 90.9 Å². The van der Waals surface area contributed by atoms with E-state index in [-0.39, 0.29) is 23.3 Å². The number of halogens is 3. The van der Waals surface area contributed by atoms with E-state index in [0.717, 1.165) is 12.1 Å². The maximum atomic E-state index is 12.9. The highest BCUT2D eigenvalue weighted by Crippen LogP contribution is 2.34. The summed E-state index contributed by atoms with van der Waals surface area (Å²) in [5.74, 6) is 0.162. The highest BCUT2D eigenvalue weighted by atomic mass is 32.1. The molecular formula is C13H11F3N6OS. The average Bonchev–Trinajstić information content (AvgIpc) is 3.15. The van der Waals surface area contributed by atoms with E-state index in [9.17, 15) is 13.2 Å². The van der Waals surface area contributed by atoms with E-state index >= 15 is 0 Å². The molecule has 2 aromatic heterocycles. The smallest absolute Gasteiger partial charge is 0.416 e. The molecule has 0 aliphatic heterocycles. The van der Waals surface area contributed by atoms with Crippen LogP contribution in [0.25, 0.3) is 5.13 Å². The summed E-state index contributed by atoms with van der Waals surface area (Å²) in [6.45, 7) is 0. The van der Waals surface area contributed by atoms with Crippen LogP contribution in [0.5, 0.6) is 5.75 Å². The Balaban J connectivity index is 1.93. The van der Waals surface area contributed by atoms with Crippen molar-refractivity contribution in [1.29, 1.82) is 0 Å². The predicted molar refractivity (Wildman–Crippen MR) is 82.7 cm³/mol. The second-order valence-corrected chi connectivity index (χ2v) is 5.47. The first-order valence-corrected chi connectivity index (χ1v) is 7.40. The van der Waals surface area contributed by atoms with Gasteiger partial charge in [0.1, 0.15) is 5.75 Å². The second kappa shape index (κ2) is 6.00. The van der Waals surface area contributed by atoms with Gasteiger partial charge in [-0.3, -0.25) is 0 Å². The van der Waals surface area contributed by atoms with Crippen molar-refractivity contribution in [2.45, 2.75) is 6.18 Å². The van der Waals surface area contributed by atoms with Crippen molar-refractivity contribution < 1.29 is 17.9 Å². The largest absolute Gasteiger partial charge is 0.497 e. The Bertz CT molecular complexity index is 846. The van der Waals surface area contributed by atoms with Crippen molar-refractivity contribution in [3.8, 4) is 10.9 Å². The number of aromatic nitrogens is 4. The first-order valence-electron chi connectivity index (χ1n) is 6.52. The van der Waals surface area contributed by atoms with Gasteiger partial charge in [-0.15, -0.1) is 16.4 Å². The van der Waals surface area contributed by atoms with Gasteiger partial charge in [0.15, 0.2) is 0 Å². The molecule has 0 atom stereocenters. The Morgan fingerprint density at radius 1 is 1.29 bits per heavy atom. The lowest BCUT2D eigenvalue weighted by Gasteiger charge is -2.11. The van der Waals surface area contributed by atoms with Crippen LogP contribution < -0.4 is 15.8 Å². The molecule has 3 aromatic rings. The summed E-state index contributed by atoms with van der Waals surface area (Å²) in [4.78, 5) is 8.02. The molecule has 3 rings (SSSR count). The van der Waals surface area contributed by atoms with Crippen molar-refractivity contribution in [2.75, 3.05) is 18.2 Å². The molecule has 7 nitrogen and oxygen atoms in total. The van der Waals surface area contributed by atoms with Crippen molar-refractivity contribution in [1.82, 2.24) is 19.7 Å². The van der Waals surface area contributed by atoms with Crippen molar-refractivity contribution in [3.05, 3.63) is 35.3 Å². The molecule has 0 unspecified atom stereocenters. The fraction of sp³-hybridized carbons (Fsp3) is 0.154. The monoisotopic (exact) mass is 356 g/mol. The van der Waals surface area contributed by atoms with E-state index in [0.29, 0.717) is 5.13 Å². The minimum atomic E-state index is -4.50. The summed E-state index contributed by atoms with van der Waals surface area (Å²) in [6.07, 6.45) is -2.93. The standard InChI is InChI=1S/C13H11F3N6OS/c1-23-9-5-7(13(14,15)16)4-8(6-9)19-11-20-10(17)22(21-11)12-18-2-3-24-12/h2-6H,1H3,(H3,17,19,20,21). The SMILES string of the molecule is COc1cc(Nc2nc(N)n(-c3nccs3)n2)cc(C(F)(F)F)c1. The van der Waals surface area contributed by atoms with Crippen LogP contribution in [0.15, 0.2) is 29.8 Å². The highest BCUT2D eigenvalue weighted by Gasteiger charge is 2.31. The molecule has 0 amide bonds. The Labute approximate surface area is 137 Å². The maximum absolute atomic E-state index is 12.9. The minimum Gasteiger partial charge on any atom is -0.497 e. The quantitative estimate of drug-likeness (QED) is 0.747. The predicted octanol–water partition coefficient (Wildman–Crippen LogP) is 3.08. The Morgan fingerprint density at radius 3 is 2.71 bits per heavy atom. The number of nitrogens with zero attached hydrogens (tertiary/aromatic N) is 4. The molecule has 0 aliphatic rings. The van der Waals surface area contributed by atoms with Crippen LogP contribution in [0, 0.1) is 0 Å². The number of ether oxygens (including phenoxy) is 1. The van der Waals surface area contributed by atoms with Gasteiger partial charge >= 0.3 is 6.18 Å². The number of nitrogen functional groups attached to an aromatic ring is 1. The summed E-state index contributed by atoms with van der Waals surface area (Å²) >= 11 is 1.29. The number of alkyl halides is 3. The normalized spacial score (nSPS) is 11.5. The third kappa shape index (κ3) is 3.25. The number of nitrogens with one attached hydrogen (secondary N) is 1. The van der Waals surface area contributed by atoms with Crippen molar-refractivity contribution >= 4 is 28.9 Å². The number of hydrogen-bond donors (Lipinski definition) is 2. The Hall–Kier alpha value is -2.82. The lowest BCUT2D eigenvalue weighted by molar-refractivity contribution is -0.137. The highest BCUT2D eigenvalue weighted by molar-refractivity contribution is 7.12. The third-order valence-corrected chi connectivity index (χ3v) is 3.71. The number of anilines is 3. The Kier molecular flexibility index (Phi) is 4.01. The summed E-state index contributed by atoms with van der Waals surface area (Å²) in [6, 6.07) is 3.24. The molecule has 0 aliphatic carbocycles. The van der Waals surface area contributed by atoms with Gasteiger partial charge in [0.25, 0.3) is 0 Å². The minimum absolute atomic E-state index is 0.0454. The van der Waals surface area contributed by atoms with Gasteiger partial charge in [-0.1, -0.05) is 0 Å². The number of benzene rings is 1. The fourth-order valence-electron chi connectivity index (χ4n) is 1.92. The van der Waals surface area contributed by atoms with Gasteiger partial charge in [0.05, 0.1) is 12.7 Å². The van der Waals surface area contributed by atoms with Crippen LogP contribution in [0.4, 0.5) is 30.8 Å². The fourth-order valence-corrected chi connectivity index (χ4v) is 2.52. The van der Waals surface area contributed by atoms with Crippen LogP contribution in [0.2, 0.25) is 0 Å². The summed E-state index contributed by atoms with van der Waals surface area (Å²) in [7, 11) is 1.28. The number of thiazole rings is 1. The second-order valence-electron chi connectivity index (χ2n) is 4.59. The zero-order valence-electron chi connectivity index (χ0n) is 12.2. The molecule has 0 fully saturated rings. The van der Waals surface area contributed by atoms with Gasteiger partial charge in [-0.05, 0) is 12.1 Å². The van der Waals surface area contributed by atoms with E-state index in [1.165, 1.54) is 29.2 Å². The van der Waals surface area contributed by atoms with Gasteiger partial charge < -0.3 is 15.8 Å². The molecule has 2 heterocycles. The van der Waals surface area contributed by atoms with Gasteiger partial charge in [0, 0.05) is 23.3 Å².